The molecule has 1 aromatic rings. The number of carbonyl (C=O) groups is 1. The highest BCUT2D eigenvalue weighted by Gasteiger charge is 2.31. The van der Waals surface area contributed by atoms with E-state index in [4.69, 9.17) is 0 Å². The molecule has 1 aliphatic carbocycles. The fourth-order valence-corrected chi connectivity index (χ4v) is 3.65. The summed E-state index contributed by atoms with van der Waals surface area (Å²) in [6, 6.07) is -0.655. The first kappa shape index (κ1) is 17.9. The summed E-state index contributed by atoms with van der Waals surface area (Å²) in [4.78, 5) is 11.6. The third-order valence-electron chi connectivity index (χ3n) is 4.97. The molecule has 2 rings (SSSR count). The van der Waals surface area contributed by atoms with Crippen molar-refractivity contribution in [1.82, 2.24) is 20.2 Å². The van der Waals surface area contributed by atoms with Crippen molar-refractivity contribution in [3.05, 3.63) is 5.82 Å². The number of tetrazole rings is 1. The molecule has 1 saturated carbocycles. The summed E-state index contributed by atoms with van der Waals surface area (Å²) >= 11 is 0. The van der Waals surface area contributed by atoms with E-state index in [2.05, 4.69) is 22.4 Å². The maximum Gasteiger partial charge on any atom is 0.328 e. The fraction of sp³-hybridized carbons (Fsp3) is 0.882. The van der Waals surface area contributed by atoms with Gasteiger partial charge in [0, 0.05) is 5.92 Å². The van der Waals surface area contributed by atoms with Gasteiger partial charge in [-0.3, -0.25) is 0 Å². The van der Waals surface area contributed by atoms with Crippen LogP contribution in [0.15, 0.2) is 0 Å². The lowest BCUT2D eigenvalue weighted by molar-refractivity contribution is -0.141. The second-order valence-corrected chi connectivity index (χ2v) is 7.33. The Morgan fingerprint density at radius 2 is 2.00 bits per heavy atom. The molecule has 23 heavy (non-hydrogen) atoms. The second-order valence-electron chi connectivity index (χ2n) is 7.33. The van der Waals surface area contributed by atoms with Gasteiger partial charge in [-0.1, -0.05) is 40.0 Å². The minimum absolute atomic E-state index is 0.290. The van der Waals surface area contributed by atoms with E-state index < -0.39 is 12.0 Å². The number of aliphatic carboxylic acids is 1. The van der Waals surface area contributed by atoms with E-state index in [-0.39, 0.29) is 5.92 Å². The van der Waals surface area contributed by atoms with E-state index in [0.717, 1.165) is 24.6 Å². The first-order valence-electron chi connectivity index (χ1n) is 9.03. The molecule has 130 valence electrons. The summed E-state index contributed by atoms with van der Waals surface area (Å²) < 4.78 is 1.57. The minimum atomic E-state index is -0.844. The Morgan fingerprint density at radius 1 is 1.30 bits per heavy atom. The lowest BCUT2D eigenvalue weighted by Crippen LogP contribution is -2.26. The summed E-state index contributed by atoms with van der Waals surface area (Å²) in [5.74, 6) is 1.34. The van der Waals surface area contributed by atoms with Crippen molar-refractivity contribution in [3.63, 3.8) is 0 Å². The van der Waals surface area contributed by atoms with Gasteiger partial charge < -0.3 is 5.11 Å². The molecule has 6 nitrogen and oxygen atoms in total. The average molecular weight is 322 g/mol. The van der Waals surface area contributed by atoms with E-state index in [0.29, 0.717) is 12.3 Å². The molecule has 1 aromatic heterocycles. The van der Waals surface area contributed by atoms with E-state index in [1.165, 1.54) is 32.1 Å². The van der Waals surface area contributed by atoms with Crippen molar-refractivity contribution in [2.24, 2.45) is 11.8 Å². The van der Waals surface area contributed by atoms with Crippen LogP contribution in [0.25, 0.3) is 0 Å². The minimum Gasteiger partial charge on any atom is -0.480 e. The second kappa shape index (κ2) is 8.41. The fourth-order valence-electron chi connectivity index (χ4n) is 3.65. The number of aromatic nitrogens is 4. The van der Waals surface area contributed by atoms with E-state index in [1.807, 2.05) is 13.8 Å². The standard InChI is InChI=1S/C17H30N4O2/c1-4-5-6-13-7-9-14(10-8-13)16-18-19-20-21(16)15(17(22)23)11-12(2)3/h12-15H,4-11H2,1-3H3,(H,22,23). The highest BCUT2D eigenvalue weighted by molar-refractivity contribution is 5.71. The van der Waals surface area contributed by atoms with Gasteiger partial charge >= 0.3 is 5.97 Å². The summed E-state index contributed by atoms with van der Waals surface area (Å²) in [7, 11) is 0. The Morgan fingerprint density at radius 3 is 2.57 bits per heavy atom. The van der Waals surface area contributed by atoms with Crippen LogP contribution in [0.4, 0.5) is 0 Å². The summed E-state index contributed by atoms with van der Waals surface area (Å²) in [6.45, 7) is 6.29. The SMILES string of the molecule is CCCCC1CCC(c2nnnn2C(CC(C)C)C(=O)O)CC1. The van der Waals surface area contributed by atoms with Gasteiger partial charge in [-0.25, -0.2) is 9.48 Å². The van der Waals surface area contributed by atoms with Crippen LogP contribution < -0.4 is 0 Å². The topological polar surface area (TPSA) is 80.9 Å². The van der Waals surface area contributed by atoms with Gasteiger partial charge in [-0.2, -0.15) is 0 Å². The van der Waals surface area contributed by atoms with Gasteiger partial charge in [-0.15, -0.1) is 5.10 Å². The van der Waals surface area contributed by atoms with Crippen LogP contribution in [0.2, 0.25) is 0 Å². The molecule has 6 heteroatoms. The first-order chi connectivity index (χ1) is 11.0. The average Bonchev–Trinajstić information content (AvgIpc) is 2.99. The summed E-state index contributed by atoms with van der Waals surface area (Å²) in [5.41, 5.74) is 0. The maximum absolute atomic E-state index is 11.6. The Hall–Kier alpha value is -1.46. The monoisotopic (exact) mass is 322 g/mol. The van der Waals surface area contributed by atoms with Gasteiger partial charge in [0.2, 0.25) is 0 Å². The van der Waals surface area contributed by atoms with E-state index in [9.17, 15) is 9.90 Å². The Balaban J connectivity index is 2.05. The van der Waals surface area contributed by atoms with Gasteiger partial charge in [0.15, 0.2) is 11.9 Å². The molecule has 1 atom stereocenters. The lowest BCUT2D eigenvalue weighted by atomic mass is 9.79. The van der Waals surface area contributed by atoms with Crippen LogP contribution in [0.5, 0.6) is 0 Å². The maximum atomic E-state index is 11.6. The number of hydrogen-bond acceptors (Lipinski definition) is 4. The van der Waals surface area contributed by atoms with Gasteiger partial charge in [0.05, 0.1) is 0 Å². The highest BCUT2D eigenvalue weighted by atomic mass is 16.4. The summed E-state index contributed by atoms with van der Waals surface area (Å²) in [6.07, 6.45) is 9.00. The van der Waals surface area contributed by atoms with Gasteiger partial charge in [0.1, 0.15) is 0 Å². The molecule has 0 bridgehead atoms. The zero-order chi connectivity index (χ0) is 16.8. The van der Waals surface area contributed by atoms with Crippen LogP contribution in [-0.4, -0.2) is 31.3 Å². The molecule has 1 N–H and O–H groups in total. The number of carboxylic acid groups (broad SMARTS) is 1. The first-order valence-corrected chi connectivity index (χ1v) is 9.03. The van der Waals surface area contributed by atoms with Crippen LogP contribution >= 0.6 is 0 Å². The Bertz CT molecular complexity index is 493. The molecule has 0 amide bonds. The molecule has 1 fully saturated rings. The van der Waals surface area contributed by atoms with E-state index in [1.54, 1.807) is 4.68 Å². The molecular weight excluding hydrogens is 292 g/mol. The predicted molar refractivity (Wildman–Crippen MR) is 88.2 cm³/mol. The Labute approximate surface area is 138 Å². The number of nitrogens with zero attached hydrogens (tertiary/aromatic N) is 4. The van der Waals surface area contributed by atoms with Gasteiger partial charge in [0.25, 0.3) is 0 Å². The van der Waals surface area contributed by atoms with Crippen molar-refractivity contribution in [2.75, 3.05) is 0 Å². The quantitative estimate of drug-likeness (QED) is 0.787. The third kappa shape index (κ3) is 4.75. The number of rotatable bonds is 8. The number of carboxylic acids is 1. The molecule has 0 saturated heterocycles. The lowest BCUT2D eigenvalue weighted by Gasteiger charge is -2.28. The molecule has 1 unspecified atom stereocenters. The molecule has 0 aromatic carbocycles. The van der Waals surface area contributed by atoms with E-state index >= 15 is 0 Å². The smallest absolute Gasteiger partial charge is 0.328 e. The van der Waals surface area contributed by atoms with Crippen molar-refractivity contribution < 1.29 is 9.90 Å². The van der Waals surface area contributed by atoms with Crippen molar-refractivity contribution in [1.29, 1.82) is 0 Å². The van der Waals surface area contributed by atoms with Crippen LogP contribution in [0.3, 0.4) is 0 Å². The van der Waals surface area contributed by atoms with Crippen molar-refractivity contribution in [2.45, 2.75) is 84.1 Å². The third-order valence-corrected chi connectivity index (χ3v) is 4.97. The number of hydrogen-bond donors (Lipinski definition) is 1. The molecule has 0 aliphatic heterocycles. The largest absolute Gasteiger partial charge is 0.480 e. The molecule has 0 radical (unpaired) electrons. The molecule has 0 spiro atoms. The number of unbranched alkanes of at least 4 members (excludes halogenated alkanes) is 1. The zero-order valence-corrected chi connectivity index (χ0v) is 14.6. The Kier molecular flexibility index (Phi) is 6.54. The molecule has 1 aliphatic rings. The van der Waals surface area contributed by atoms with Gasteiger partial charge in [-0.05, 0) is 54.4 Å². The summed E-state index contributed by atoms with van der Waals surface area (Å²) in [5, 5.41) is 21.5. The molecule has 1 heterocycles. The van der Waals surface area contributed by atoms with Crippen molar-refractivity contribution in [3.8, 4) is 0 Å². The zero-order valence-electron chi connectivity index (χ0n) is 14.6. The van der Waals surface area contributed by atoms with Crippen molar-refractivity contribution >= 4 is 5.97 Å². The van der Waals surface area contributed by atoms with Crippen LogP contribution in [0, 0.1) is 11.8 Å². The highest BCUT2D eigenvalue weighted by Crippen LogP contribution is 2.37. The predicted octanol–water partition coefficient (Wildman–Crippen LogP) is 3.81. The molecular formula is C17H30N4O2. The van der Waals surface area contributed by atoms with Crippen LogP contribution in [0.1, 0.15) is 89.9 Å². The van der Waals surface area contributed by atoms with Crippen LogP contribution in [-0.2, 0) is 4.79 Å². The normalized spacial score (nSPS) is 23.1.